The van der Waals surface area contributed by atoms with Gasteiger partial charge < -0.3 is 9.47 Å². The molecule has 1 heterocycles. The molecule has 3 nitrogen and oxygen atoms in total. The Morgan fingerprint density at radius 2 is 2.00 bits per heavy atom. The minimum absolute atomic E-state index is 0.187. The molecule has 1 atom stereocenters. The Labute approximate surface area is 130 Å². The second-order valence-electron chi connectivity index (χ2n) is 5.67. The summed E-state index contributed by atoms with van der Waals surface area (Å²) in [4.78, 5) is 11.7. The summed E-state index contributed by atoms with van der Waals surface area (Å²) < 4.78 is 11.8. The van der Waals surface area contributed by atoms with Crippen LogP contribution in [0.5, 0.6) is 5.75 Å². The molecule has 0 aromatic heterocycles. The lowest BCUT2D eigenvalue weighted by Gasteiger charge is -2.24. The van der Waals surface area contributed by atoms with Gasteiger partial charge in [0.05, 0.1) is 12.7 Å². The third kappa shape index (κ3) is 3.55. The zero-order chi connectivity index (χ0) is 15.4. The average Bonchev–Trinajstić information content (AvgIpc) is 2.54. The van der Waals surface area contributed by atoms with Crippen LogP contribution in [0.15, 0.2) is 48.5 Å². The molecular weight excluding hydrogens is 276 g/mol. The van der Waals surface area contributed by atoms with Crippen LogP contribution in [0.3, 0.4) is 0 Å². The van der Waals surface area contributed by atoms with Crippen LogP contribution in [0.25, 0.3) is 0 Å². The van der Waals surface area contributed by atoms with Crippen molar-refractivity contribution in [2.45, 2.75) is 32.5 Å². The Morgan fingerprint density at radius 3 is 2.77 bits per heavy atom. The number of ether oxygens (including phenoxy) is 2. The number of benzene rings is 2. The molecule has 22 heavy (non-hydrogen) atoms. The van der Waals surface area contributed by atoms with E-state index in [1.165, 1.54) is 0 Å². The maximum absolute atomic E-state index is 11.7. The second-order valence-corrected chi connectivity index (χ2v) is 5.67. The summed E-state index contributed by atoms with van der Waals surface area (Å²) in [6.45, 7) is 3.04. The largest absolute Gasteiger partial charge is 0.489 e. The van der Waals surface area contributed by atoms with Crippen molar-refractivity contribution in [1.82, 2.24) is 0 Å². The summed E-state index contributed by atoms with van der Waals surface area (Å²) in [5, 5.41) is 0. The molecule has 1 aliphatic heterocycles. The maximum atomic E-state index is 11.7. The number of rotatable bonds is 4. The fourth-order valence-electron chi connectivity index (χ4n) is 2.65. The zero-order valence-corrected chi connectivity index (χ0v) is 12.7. The van der Waals surface area contributed by atoms with Crippen molar-refractivity contribution in [2.24, 2.45) is 0 Å². The molecule has 0 amide bonds. The lowest BCUT2D eigenvalue weighted by Crippen LogP contribution is -2.20. The molecule has 0 N–H and O–H groups in total. The molecular formula is C19H20O3. The molecule has 3 rings (SSSR count). The first kappa shape index (κ1) is 14.8. The minimum atomic E-state index is -0.187. The van der Waals surface area contributed by atoms with Gasteiger partial charge in [-0.1, -0.05) is 42.5 Å². The summed E-state index contributed by atoms with van der Waals surface area (Å²) in [5.41, 5.74) is 3.22. The highest BCUT2D eigenvalue weighted by Crippen LogP contribution is 2.34. The van der Waals surface area contributed by atoms with E-state index in [1.54, 1.807) is 0 Å². The third-order valence-corrected chi connectivity index (χ3v) is 3.87. The van der Waals surface area contributed by atoms with Crippen LogP contribution in [-0.2, 0) is 16.1 Å². The Hall–Kier alpha value is -2.13. The molecule has 2 aromatic carbocycles. The molecule has 114 valence electrons. The van der Waals surface area contributed by atoms with Gasteiger partial charge in [0.2, 0.25) is 0 Å². The van der Waals surface area contributed by atoms with Crippen LogP contribution in [0, 0.1) is 6.92 Å². The molecule has 1 saturated heterocycles. The number of carbonyl (C=O) groups excluding carboxylic acids is 1. The quantitative estimate of drug-likeness (QED) is 0.855. The van der Waals surface area contributed by atoms with Gasteiger partial charge in [0.1, 0.15) is 18.1 Å². The molecule has 1 fully saturated rings. The molecule has 0 aliphatic carbocycles. The number of Topliss-reactive ketones (excluding diaryl/α,β-unsaturated/α-hetero) is 1. The Balaban J connectivity index is 1.80. The standard InChI is InChI=1S/C19H20O3/c1-14-7-8-17(19-12-16(20)9-10-21-19)18(11-14)22-13-15-5-3-2-4-6-15/h2-8,11,19H,9-10,12-13H2,1H3. The van der Waals surface area contributed by atoms with Crippen LogP contribution in [0.1, 0.15) is 35.6 Å². The van der Waals surface area contributed by atoms with Gasteiger partial charge in [0.25, 0.3) is 0 Å². The van der Waals surface area contributed by atoms with Crippen molar-refractivity contribution < 1.29 is 14.3 Å². The van der Waals surface area contributed by atoms with Gasteiger partial charge in [-0.15, -0.1) is 0 Å². The number of hydrogen-bond acceptors (Lipinski definition) is 3. The van der Waals surface area contributed by atoms with Crippen molar-refractivity contribution in [2.75, 3.05) is 6.61 Å². The maximum Gasteiger partial charge on any atom is 0.138 e. The van der Waals surface area contributed by atoms with E-state index in [-0.39, 0.29) is 11.9 Å². The molecule has 0 saturated carbocycles. The first-order valence-corrected chi connectivity index (χ1v) is 7.63. The Kier molecular flexibility index (Phi) is 4.54. The van der Waals surface area contributed by atoms with E-state index in [2.05, 4.69) is 0 Å². The van der Waals surface area contributed by atoms with Gasteiger partial charge in [-0.05, 0) is 24.1 Å². The lowest BCUT2D eigenvalue weighted by molar-refractivity contribution is -0.128. The fraction of sp³-hybridized carbons (Fsp3) is 0.316. The van der Waals surface area contributed by atoms with Gasteiger partial charge in [0.15, 0.2) is 0 Å². The highest BCUT2D eigenvalue weighted by molar-refractivity contribution is 5.79. The number of hydrogen-bond donors (Lipinski definition) is 0. The second kappa shape index (κ2) is 6.75. The highest BCUT2D eigenvalue weighted by atomic mass is 16.5. The number of carbonyl (C=O) groups is 1. The molecule has 3 heteroatoms. The van der Waals surface area contributed by atoms with E-state index in [9.17, 15) is 4.79 Å². The summed E-state index contributed by atoms with van der Waals surface area (Å²) in [6, 6.07) is 16.1. The normalized spacial score (nSPS) is 18.2. The fourth-order valence-corrected chi connectivity index (χ4v) is 2.65. The van der Waals surface area contributed by atoms with E-state index in [0.29, 0.717) is 26.1 Å². The molecule has 0 spiro atoms. The molecule has 1 unspecified atom stereocenters. The minimum Gasteiger partial charge on any atom is -0.489 e. The predicted octanol–water partition coefficient (Wildman–Crippen LogP) is 3.99. The van der Waals surface area contributed by atoms with Crippen LogP contribution in [0.2, 0.25) is 0 Å². The van der Waals surface area contributed by atoms with E-state index in [4.69, 9.17) is 9.47 Å². The van der Waals surface area contributed by atoms with Crippen molar-refractivity contribution in [3.8, 4) is 5.75 Å². The summed E-state index contributed by atoms with van der Waals surface area (Å²) in [5.74, 6) is 1.06. The van der Waals surface area contributed by atoms with Crippen LogP contribution in [0.4, 0.5) is 0 Å². The summed E-state index contributed by atoms with van der Waals surface area (Å²) >= 11 is 0. The van der Waals surface area contributed by atoms with Crippen molar-refractivity contribution in [1.29, 1.82) is 0 Å². The lowest BCUT2D eigenvalue weighted by atomic mass is 9.98. The van der Waals surface area contributed by atoms with Gasteiger partial charge in [0, 0.05) is 18.4 Å². The summed E-state index contributed by atoms with van der Waals surface area (Å²) in [6.07, 6.45) is 0.764. The van der Waals surface area contributed by atoms with Crippen molar-refractivity contribution >= 4 is 5.78 Å². The van der Waals surface area contributed by atoms with Gasteiger partial charge in [-0.2, -0.15) is 0 Å². The van der Waals surface area contributed by atoms with Crippen molar-refractivity contribution in [3.63, 3.8) is 0 Å². The zero-order valence-electron chi connectivity index (χ0n) is 12.7. The average molecular weight is 296 g/mol. The predicted molar refractivity (Wildman–Crippen MR) is 84.9 cm³/mol. The highest BCUT2D eigenvalue weighted by Gasteiger charge is 2.24. The number of ketones is 1. The van der Waals surface area contributed by atoms with Gasteiger partial charge in [-0.3, -0.25) is 4.79 Å². The SMILES string of the molecule is Cc1ccc(C2CC(=O)CCO2)c(OCc2ccccc2)c1. The first-order valence-electron chi connectivity index (χ1n) is 7.63. The molecule has 0 bridgehead atoms. The first-order chi connectivity index (χ1) is 10.7. The van der Waals surface area contributed by atoms with Gasteiger partial charge >= 0.3 is 0 Å². The topological polar surface area (TPSA) is 35.5 Å². The van der Waals surface area contributed by atoms with E-state index < -0.39 is 0 Å². The Bertz CT molecular complexity index is 649. The third-order valence-electron chi connectivity index (χ3n) is 3.87. The molecule has 1 aliphatic rings. The molecule has 2 aromatic rings. The van der Waals surface area contributed by atoms with Crippen LogP contribution in [-0.4, -0.2) is 12.4 Å². The van der Waals surface area contributed by atoms with Gasteiger partial charge in [-0.25, -0.2) is 0 Å². The number of aryl methyl sites for hydroxylation is 1. The van der Waals surface area contributed by atoms with Crippen LogP contribution >= 0.6 is 0 Å². The Morgan fingerprint density at radius 1 is 1.18 bits per heavy atom. The molecule has 0 radical (unpaired) electrons. The van der Waals surface area contributed by atoms with E-state index in [1.807, 2.05) is 55.5 Å². The summed E-state index contributed by atoms with van der Waals surface area (Å²) in [7, 11) is 0. The monoisotopic (exact) mass is 296 g/mol. The van der Waals surface area contributed by atoms with Crippen LogP contribution < -0.4 is 4.74 Å². The van der Waals surface area contributed by atoms with E-state index in [0.717, 1.165) is 22.4 Å². The smallest absolute Gasteiger partial charge is 0.138 e. The van der Waals surface area contributed by atoms with E-state index >= 15 is 0 Å². The van der Waals surface area contributed by atoms with Crippen molar-refractivity contribution in [3.05, 3.63) is 65.2 Å².